The standard InChI is InChI=1S/C9H10ClNO2/c10-9(12)8-6-4-2-1-3-5-7(6)13-11-8/h1-5H2. The van der Waals surface area contributed by atoms with Crippen molar-refractivity contribution in [3.8, 4) is 0 Å². The first kappa shape index (κ1) is 8.75. The minimum atomic E-state index is -0.507. The Morgan fingerprint density at radius 3 is 2.85 bits per heavy atom. The van der Waals surface area contributed by atoms with E-state index >= 15 is 0 Å². The van der Waals surface area contributed by atoms with E-state index in [1.807, 2.05) is 0 Å². The Bertz CT molecular complexity index is 332. The minimum Gasteiger partial charge on any atom is -0.360 e. The van der Waals surface area contributed by atoms with Crippen LogP contribution < -0.4 is 0 Å². The first-order valence-corrected chi connectivity index (χ1v) is 4.84. The molecule has 0 amide bonds. The van der Waals surface area contributed by atoms with Gasteiger partial charge >= 0.3 is 0 Å². The third kappa shape index (κ3) is 1.61. The number of hydrogen-bond acceptors (Lipinski definition) is 3. The Morgan fingerprint density at radius 1 is 1.31 bits per heavy atom. The molecule has 1 heterocycles. The Labute approximate surface area is 81.0 Å². The summed E-state index contributed by atoms with van der Waals surface area (Å²) in [5.41, 5.74) is 1.25. The quantitative estimate of drug-likeness (QED) is 0.515. The summed E-state index contributed by atoms with van der Waals surface area (Å²) in [5.74, 6) is 0.849. The monoisotopic (exact) mass is 199 g/mol. The number of halogens is 1. The molecular weight excluding hydrogens is 190 g/mol. The molecule has 0 saturated carbocycles. The molecule has 0 saturated heterocycles. The van der Waals surface area contributed by atoms with Gasteiger partial charge in [-0.1, -0.05) is 11.6 Å². The van der Waals surface area contributed by atoms with Crippen molar-refractivity contribution >= 4 is 16.8 Å². The van der Waals surface area contributed by atoms with Gasteiger partial charge in [0.1, 0.15) is 5.76 Å². The number of carbonyl (C=O) groups excluding carboxylic acids is 1. The molecule has 1 aliphatic carbocycles. The van der Waals surface area contributed by atoms with E-state index in [0.717, 1.165) is 37.0 Å². The van der Waals surface area contributed by atoms with Crippen LogP contribution in [0.15, 0.2) is 4.52 Å². The minimum absolute atomic E-state index is 0.318. The third-order valence-corrected chi connectivity index (χ3v) is 2.57. The van der Waals surface area contributed by atoms with Crippen molar-refractivity contribution in [1.29, 1.82) is 0 Å². The van der Waals surface area contributed by atoms with E-state index in [2.05, 4.69) is 5.16 Å². The normalized spacial score (nSPS) is 16.4. The number of nitrogens with zero attached hydrogens (tertiary/aromatic N) is 1. The zero-order valence-corrected chi connectivity index (χ0v) is 7.93. The van der Waals surface area contributed by atoms with Crippen LogP contribution in [-0.4, -0.2) is 10.4 Å². The highest BCUT2D eigenvalue weighted by Gasteiger charge is 2.21. The summed E-state index contributed by atoms with van der Waals surface area (Å²) in [6.45, 7) is 0. The lowest BCUT2D eigenvalue weighted by atomic mass is 10.1. The predicted molar refractivity (Wildman–Crippen MR) is 47.9 cm³/mol. The molecule has 0 atom stereocenters. The van der Waals surface area contributed by atoms with Crippen LogP contribution in [0.25, 0.3) is 0 Å². The number of fused-ring (bicyclic) bond motifs is 1. The van der Waals surface area contributed by atoms with Crippen LogP contribution in [0.1, 0.15) is 41.1 Å². The van der Waals surface area contributed by atoms with Crippen molar-refractivity contribution in [1.82, 2.24) is 5.16 Å². The van der Waals surface area contributed by atoms with Crippen LogP contribution in [0.2, 0.25) is 0 Å². The number of aromatic nitrogens is 1. The highest BCUT2D eigenvalue weighted by Crippen LogP contribution is 2.24. The molecule has 4 heteroatoms. The predicted octanol–water partition coefficient (Wildman–Crippen LogP) is 2.32. The smallest absolute Gasteiger partial charge is 0.274 e. The Hall–Kier alpha value is -0.830. The lowest BCUT2D eigenvalue weighted by Gasteiger charge is -1.93. The van der Waals surface area contributed by atoms with Gasteiger partial charge in [-0.05, 0) is 30.9 Å². The molecule has 3 nitrogen and oxygen atoms in total. The molecule has 0 fully saturated rings. The van der Waals surface area contributed by atoms with Crippen LogP contribution in [-0.2, 0) is 12.8 Å². The third-order valence-electron chi connectivity index (χ3n) is 2.39. The van der Waals surface area contributed by atoms with Crippen LogP contribution in [0, 0.1) is 0 Å². The van der Waals surface area contributed by atoms with Crippen LogP contribution in [0.3, 0.4) is 0 Å². The van der Waals surface area contributed by atoms with Gasteiger partial charge in [0.15, 0.2) is 5.69 Å². The van der Waals surface area contributed by atoms with E-state index in [0.29, 0.717) is 5.69 Å². The number of rotatable bonds is 1. The van der Waals surface area contributed by atoms with Crippen LogP contribution >= 0.6 is 11.6 Å². The number of hydrogen-bond donors (Lipinski definition) is 0. The van der Waals surface area contributed by atoms with Gasteiger partial charge < -0.3 is 4.52 Å². The van der Waals surface area contributed by atoms with Crippen LogP contribution in [0.4, 0.5) is 0 Å². The van der Waals surface area contributed by atoms with E-state index in [1.165, 1.54) is 6.42 Å². The summed E-state index contributed by atoms with van der Waals surface area (Å²) in [6, 6.07) is 0. The summed E-state index contributed by atoms with van der Waals surface area (Å²) in [7, 11) is 0. The van der Waals surface area contributed by atoms with E-state index in [-0.39, 0.29) is 0 Å². The molecule has 1 aromatic heterocycles. The highest BCUT2D eigenvalue weighted by molar-refractivity contribution is 6.67. The summed E-state index contributed by atoms with van der Waals surface area (Å²) < 4.78 is 5.07. The Kier molecular flexibility index (Phi) is 2.36. The van der Waals surface area contributed by atoms with Crippen molar-refractivity contribution in [3.05, 3.63) is 17.0 Å². The second-order valence-corrected chi connectivity index (χ2v) is 3.61. The molecule has 1 aliphatic rings. The van der Waals surface area contributed by atoms with Gasteiger partial charge in [-0.2, -0.15) is 0 Å². The van der Waals surface area contributed by atoms with Crippen molar-refractivity contribution in [2.24, 2.45) is 0 Å². The molecule has 0 aliphatic heterocycles. The number of aryl methyl sites for hydroxylation is 1. The van der Waals surface area contributed by atoms with E-state index in [9.17, 15) is 4.79 Å². The Balaban J connectivity index is 2.39. The average Bonchev–Trinajstić information content (AvgIpc) is 2.36. The molecular formula is C9H10ClNO2. The molecule has 0 aromatic carbocycles. The molecule has 0 radical (unpaired) electrons. The highest BCUT2D eigenvalue weighted by atomic mass is 35.5. The average molecular weight is 200 g/mol. The van der Waals surface area contributed by atoms with Gasteiger partial charge in [0.25, 0.3) is 5.24 Å². The van der Waals surface area contributed by atoms with Crippen molar-refractivity contribution < 1.29 is 9.32 Å². The summed E-state index contributed by atoms with van der Waals surface area (Å²) >= 11 is 5.37. The van der Waals surface area contributed by atoms with E-state index in [1.54, 1.807) is 0 Å². The molecule has 0 N–H and O–H groups in total. The van der Waals surface area contributed by atoms with Crippen molar-refractivity contribution in [2.75, 3.05) is 0 Å². The maximum absolute atomic E-state index is 10.9. The van der Waals surface area contributed by atoms with Crippen LogP contribution in [0.5, 0.6) is 0 Å². The zero-order valence-electron chi connectivity index (χ0n) is 7.18. The summed E-state index contributed by atoms with van der Waals surface area (Å²) in [5, 5.41) is 3.18. The molecule has 2 rings (SSSR count). The van der Waals surface area contributed by atoms with Gasteiger partial charge in [0.2, 0.25) is 0 Å². The summed E-state index contributed by atoms with van der Waals surface area (Å²) in [4.78, 5) is 10.9. The second-order valence-electron chi connectivity index (χ2n) is 3.27. The fourth-order valence-electron chi connectivity index (χ4n) is 1.72. The van der Waals surface area contributed by atoms with Gasteiger partial charge in [0.05, 0.1) is 0 Å². The van der Waals surface area contributed by atoms with Gasteiger partial charge in [0, 0.05) is 12.0 Å². The molecule has 13 heavy (non-hydrogen) atoms. The first-order chi connectivity index (χ1) is 6.29. The summed E-state index contributed by atoms with van der Waals surface area (Å²) in [6.07, 6.45) is 5.13. The van der Waals surface area contributed by atoms with Gasteiger partial charge in [-0.15, -0.1) is 0 Å². The lowest BCUT2D eigenvalue weighted by Crippen LogP contribution is -1.96. The molecule has 1 aromatic rings. The van der Waals surface area contributed by atoms with Gasteiger partial charge in [-0.3, -0.25) is 4.79 Å². The molecule has 0 unspecified atom stereocenters. The maximum atomic E-state index is 10.9. The molecule has 0 bridgehead atoms. The van der Waals surface area contributed by atoms with E-state index < -0.39 is 5.24 Å². The van der Waals surface area contributed by atoms with E-state index in [4.69, 9.17) is 16.1 Å². The van der Waals surface area contributed by atoms with Gasteiger partial charge in [-0.25, -0.2) is 0 Å². The number of carbonyl (C=O) groups is 1. The maximum Gasteiger partial charge on any atom is 0.274 e. The largest absolute Gasteiger partial charge is 0.360 e. The second kappa shape index (κ2) is 3.50. The van der Waals surface area contributed by atoms with Crippen molar-refractivity contribution in [3.63, 3.8) is 0 Å². The molecule has 70 valence electrons. The molecule has 0 spiro atoms. The SMILES string of the molecule is O=C(Cl)c1noc2c1CCCCC2. The fourth-order valence-corrected chi connectivity index (χ4v) is 1.86. The topological polar surface area (TPSA) is 43.1 Å². The zero-order chi connectivity index (χ0) is 9.26. The fraction of sp³-hybridized carbons (Fsp3) is 0.556. The first-order valence-electron chi connectivity index (χ1n) is 4.46. The van der Waals surface area contributed by atoms with Crippen molar-refractivity contribution in [2.45, 2.75) is 32.1 Å². The Morgan fingerprint density at radius 2 is 2.08 bits per heavy atom. The lowest BCUT2D eigenvalue weighted by molar-refractivity contribution is 0.107.